The van der Waals surface area contributed by atoms with E-state index >= 15 is 0 Å². The molecule has 3 rings (SSSR count). The molecule has 0 aliphatic rings. The van der Waals surface area contributed by atoms with Gasteiger partial charge in [-0.2, -0.15) is 0 Å². The van der Waals surface area contributed by atoms with E-state index in [9.17, 15) is 18.0 Å². The van der Waals surface area contributed by atoms with Gasteiger partial charge in [-0.1, -0.05) is 24.3 Å². The van der Waals surface area contributed by atoms with Crippen LogP contribution in [-0.2, 0) is 4.79 Å². The summed E-state index contributed by atoms with van der Waals surface area (Å²) in [5.41, 5.74) is 0.256. The number of carbonyl (C=O) groups excluding carboxylic acids is 1. The maximum Gasteiger partial charge on any atom is 0.248 e. The van der Waals surface area contributed by atoms with Crippen molar-refractivity contribution in [1.82, 2.24) is 0 Å². The number of halogens is 3. The average molecular weight is 359 g/mol. The molecule has 0 spiro atoms. The van der Waals surface area contributed by atoms with E-state index < -0.39 is 17.5 Å². The second-order valence-corrected chi connectivity index (χ2v) is 6.22. The van der Waals surface area contributed by atoms with Crippen LogP contribution in [0.2, 0.25) is 0 Å². The summed E-state index contributed by atoms with van der Waals surface area (Å²) in [6.45, 7) is 0. The Morgan fingerprint density at radius 1 is 0.920 bits per heavy atom. The number of carbonyl (C=O) groups is 1. The zero-order valence-corrected chi connectivity index (χ0v) is 13.6. The molecule has 2 aromatic carbocycles. The van der Waals surface area contributed by atoms with E-state index in [0.717, 1.165) is 15.8 Å². The molecule has 6 heteroatoms. The fourth-order valence-electron chi connectivity index (χ4n) is 2.18. The zero-order valence-electron chi connectivity index (χ0n) is 12.8. The molecule has 1 heterocycles. The molecule has 25 heavy (non-hydrogen) atoms. The van der Waals surface area contributed by atoms with Gasteiger partial charge in [0.05, 0.1) is 5.69 Å². The molecule has 0 aliphatic heterocycles. The number of nitrogens with one attached hydrogen (secondary N) is 1. The monoisotopic (exact) mass is 359 g/mol. The predicted molar refractivity (Wildman–Crippen MR) is 93.7 cm³/mol. The van der Waals surface area contributed by atoms with E-state index in [0.29, 0.717) is 5.56 Å². The highest BCUT2D eigenvalue weighted by Crippen LogP contribution is 2.30. The van der Waals surface area contributed by atoms with Gasteiger partial charge in [-0.3, -0.25) is 4.79 Å². The van der Waals surface area contributed by atoms with Gasteiger partial charge >= 0.3 is 0 Å². The van der Waals surface area contributed by atoms with Crippen LogP contribution in [0.4, 0.5) is 18.9 Å². The van der Waals surface area contributed by atoms with Gasteiger partial charge in [0.1, 0.15) is 5.82 Å². The normalized spacial score (nSPS) is 11.0. The summed E-state index contributed by atoms with van der Waals surface area (Å²) in [7, 11) is 0. The standard InChI is InChI=1S/C19H12F3NOS/c20-14-5-2-1-4-13(14)17-10-8-12(25-17)9-11-18(24)23-16-7-3-6-15(21)19(16)22/h1-11H,(H,23,24)/b11-9-. The summed E-state index contributed by atoms with van der Waals surface area (Å²) in [5.74, 6) is -3.05. The molecule has 0 radical (unpaired) electrons. The van der Waals surface area contributed by atoms with Crippen LogP contribution < -0.4 is 5.32 Å². The summed E-state index contributed by atoms with van der Waals surface area (Å²) in [4.78, 5) is 13.3. The van der Waals surface area contributed by atoms with Crippen molar-refractivity contribution in [3.05, 3.63) is 83.0 Å². The minimum Gasteiger partial charge on any atom is -0.320 e. The zero-order chi connectivity index (χ0) is 17.8. The molecule has 126 valence electrons. The summed E-state index contributed by atoms with van der Waals surface area (Å²) in [6.07, 6.45) is 2.74. The molecule has 1 N–H and O–H groups in total. The second kappa shape index (κ2) is 7.36. The lowest BCUT2D eigenvalue weighted by Crippen LogP contribution is -2.09. The van der Waals surface area contributed by atoms with Gasteiger partial charge in [-0.25, -0.2) is 13.2 Å². The van der Waals surface area contributed by atoms with Gasteiger partial charge in [-0.15, -0.1) is 11.3 Å². The van der Waals surface area contributed by atoms with Gasteiger partial charge in [0, 0.05) is 21.4 Å². The Bertz CT molecular complexity index is 949. The van der Waals surface area contributed by atoms with Gasteiger partial charge in [0.25, 0.3) is 0 Å². The highest BCUT2D eigenvalue weighted by Gasteiger charge is 2.09. The summed E-state index contributed by atoms with van der Waals surface area (Å²) in [6, 6.07) is 13.5. The third kappa shape index (κ3) is 3.97. The van der Waals surface area contributed by atoms with Crippen LogP contribution in [-0.4, -0.2) is 5.91 Å². The fourth-order valence-corrected chi connectivity index (χ4v) is 3.12. The number of amides is 1. The van der Waals surface area contributed by atoms with Gasteiger partial charge in [-0.05, 0) is 36.4 Å². The Morgan fingerprint density at radius 2 is 1.68 bits per heavy atom. The number of hydrogen-bond donors (Lipinski definition) is 1. The number of benzene rings is 2. The Hall–Kier alpha value is -2.86. The Balaban J connectivity index is 1.71. The lowest BCUT2D eigenvalue weighted by molar-refractivity contribution is -0.111. The van der Waals surface area contributed by atoms with Crippen LogP contribution in [0.1, 0.15) is 4.88 Å². The minimum atomic E-state index is -1.11. The Labute approximate surface area is 146 Å². The van der Waals surface area contributed by atoms with E-state index in [1.54, 1.807) is 30.3 Å². The molecule has 3 aromatic rings. The second-order valence-electron chi connectivity index (χ2n) is 5.11. The molecular weight excluding hydrogens is 347 g/mol. The van der Waals surface area contributed by atoms with E-state index in [2.05, 4.69) is 5.32 Å². The molecule has 0 atom stereocenters. The van der Waals surface area contributed by atoms with Crippen molar-refractivity contribution >= 4 is 29.0 Å². The Morgan fingerprint density at radius 3 is 2.48 bits per heavy atom. The van der Waals surface area contributed by atoms with Crippen LogP contribution in [0.5, 0.6) is 0 Å². The molecule has 0 unspecified atom stereocenters. The first-order chi connectivity index (χ1) is 12.0. The van der Waals surface area contributed by atoms with E-state index in [4.69, 9.17) is 0 Å². The summed E-state index contributed by atoms with van der Waals surface area (Å²) >= 11 is 1.31. The van der Waals surface area contributed by atoms with E-state index in [1.165, 1.54) is 41.7 Å². The first-order valence-corrected chi connectivity index (χ1v) is 8.14. The number of rotatable bonds is 4. The quantitative estimate of drug-likeness (QED) is 0.614. The highest BCUT2D eigenvalue weighted by atomic mass is 32.1. The number of thiophene rings is 1. The minimum absolute atomic E-state index is 0.229. The number of hydrogen-bond acceptors (Lipinski definition) is 2. The third-order valence-electron chi connectivity index (χ3n) is 3.37. The van der Waals surface area contributed by atoms with Crippen LogP contribution in [0.3, 0.4) is 0 Å². The van der Waals surface area contributed by atoms with Crippen LogP contribution >= 0.6 is 11.3 Å². The smallest absolute Gasteiger partial charge is 0.248 e. The average Bonchev–Trinajstić information content (AvgIpc) is 3.06. The lowest BCUT2D eigenvalue weighted by atomic mass is 10.2. The topological polar surface area (TPSA) is 29.1 Å². The van der Waals surface area contributed by atoms with Crippen molar-refractivity contribution < 1.29 is 18.0 Å². The van der Waals surface area contributed by atoms with Crippen molar-refractivity contribution in [2.24, 2.45) is 0 Å². The molecule has 1 amide bonds. The predicted octanol–water partition coefficient (Wildman–Crippen LogP) is 5.48. The lowest BCUT2D eigenvalue weighted by Gasteiger charge is -2.03. The Kier molecular flexibility index (Phi) is 5.00. The van der Waals surface area contributed by atoms with Crippen molar-refractivity contribution in [2.75, 3.05) is 5.32 Å². The van der Waals surface area contributed by atoms with Gasteiger partial charge in [0.15, 0.2) is 11.6 Å². The summed E-state index contributed by atoms with van der Waals surface area (Å²) < 4.78 is 40.4. The SMILES string of the molecule is O=C(/C=C\c1ccc(-c2ccccc2F)s1)Nc1cccc(F)c1F. The molecule has 0 fully saturated rings. The summed E-state index contributed by atoms with van der Waals surface area (Å²) in [5, 5.41) is 2.27. The first-order valence-electron chi connectivity index (χ1n) is 7.32. The molecule has 0 saturated carbocycles. The van der Waals surface area contributed by atoms with E-state index in [-0.39, 0.29) is 11.5 Å². The molecular formula is C19H12F3NOS. The molecule has 1 aromatic heterocycles. The van der Waals surface area contributed by atoms with Crippen molar-refractivity contribution in [1.29, 1.82) is 0 Å². The van der Waals surface area contributed by atoms with Crippen LogP contribution in [0.15, 0.2) is 60.7 Å². The van der Waals surface area contributed by atoms with Crippen molar-refractivity contribution in [3.8, 4) is 10.4 Å². The fraction of sp³-hybridized carbons (Fsp3) is 0. The van der Waals surface area contributed by atoms with Crippen molar-refractivity contribution in [3.63, 3.8) is 0 Å². The molecule has 2 nitrogen and oxygen atoms in total. The van der Waals surface area contributed by atoms with Gasteiger partial charge in [0.2, 0.25) is 5.91 Å². The maximum atomic E-state index is 13.8. The maximum absolute atomic E-state index is 13.8. The third-order valence-corrected chi connectivity index (χ3v) is 4.46. The molecule has 0 bridgehead atoms. The van der Waals surface area contributed by atoms with Crippen LogP contribution in [0, 0.1) is 17.5 Å². The first kappa shape index (κ1) is 17.0. The molecule has 0 aliphatic carbocycles. The van der Waals surface area contributed by atoms with E-state index in [1.807, 2.05) is 0 Å². The molecule has 0 saturated heterocycles. The highest BCUT2D eigenvalue weighted by molar-refractivity contribution is 7.16. The van der Waals surface area contributed by atoms with Crippen molar-refractivity contribution in [2.45, 2.75) is 0 Å². The van der Waals surface area contributed by atoms with Gasteiger partial charge < -0.3 is 5.32 Å². The number of anilines is 1. The van der Waals surface area contributed by atoms with Crippen LogP contribution in [0.25, 0.3) is 16.5 Å². The largest absolute Gasteiger partial charge is 0.320 e.